The number of ether oxygens (including phenoxy) is 6. The van der Waals surface area contributed by atoms with E-state index in [-0.39, 0.29) is 53.1 Å². The molecule has 9 aliphatic rings. The minimum atomic E-state index is -1.66. The molecule has 2 spiro atoms. The molecule has 6 aliphatic carbocycles. The Morgan fingerprint density at radius 1 is 0.621 bits per heavy atom. The van der Waals surface area contributed by atoms with E-state index >= 15 is 0 Å². The molecule has 3 saturated heterocycles. The molecule has 0 aromatic rings. The number of rotatable bonds is 10. The van der Waals surface area contributed by atoms with Gasteiger partial charge in [0, 0.05) is 18.4 Å². The van der Waals surface area contributed by atoms with E-state index in [4.69, 9.17) is 28.4 Å². The van der Waals surface area contributed by atoms with Gasteiger partial charge in [0.25, 0.3) is 0 Å². The third kappa shape index (κ3) is 7.31. The predicted molar refractivity (Wildman–Crippen MR) is 230 cm³/mol. The highest BCUT2D eigenvalue weighted by molar-refractivity contribution is 5.33. The van der Waals surface area contributed by atoms with Crippen LogP contribution in [0.3, 0.4) is 0 Å². The van der Waals surface area contributed by atoms with E-state index in [1.54, 1.807) is 13.8 Å². The molecule has 0 amide bonds. The summed E-state index contributed by atoms with van der Waals surface area (Å²) >= 11 is 0. The molecule has 12 N–H and O–H groups in total. The Morgan fingerprint density at radius 2 is 1.32 bits per heavy atom. The molecule has 0 radical (unpaired) electrons. The molecule has 380 valence electrons. The molecule has 9 rings (SSSR count). The standard InChI is InChI=1S/C48H80O18/c1-42(2)28(65-41-37(31(54)23(52)19-61-41)62-24-14-21(17-49)30(53)34(57)32(24)55)9-11-48-20-47(48)13-12-44(5)38(46(7)10-8-29(66-46)43(3,4)60)22(51)16-45(44,6)27(47)15-25(39(42)48)63-40-36(59)35(58)33(56)26(18-50)64-40/h21-41,49-60H,8-20H2,1-7H3/t21-,22+,23-,24-,25+,26-,27+,28-,29-,30-,31+,32+,33-,34+,35+,36-,37-,38+,39-,40-,41+,44-,45+,46-,47-,48+/m1/s1. The van der Waals surface area contributed by atoms with Crippen LogP contribution in [0.25, 0.3) is 0 Å². The van der Waals surface area contributed by atoms with Crippen molar-refractivity contribution in [1.82, 2.24) is 0 Å². The summed E-state index contributed by atoms with van der Waals surface area (Å²) in [6.45, 7) is 13.1. The lowest BCUT2D eigenvalue weighted by Gasteiger charge is -2.65. The van der Waals surface area contributed by atoms with Crippen LogP contribution in [0.1, 0.15) is 113 Å². The quantitative estimate of drug-likeness (QED) is 0.120. The first-order valence-electron chi connectivity index (χ1n) is 24.7. The third-order valence-corrected chi connectivity index (χ3v) is 20.3. The zero-order chi connectivity index (χ0) is 48.1. The normalized spacial score (nSPS) is 58.0. The van der Waals surface area contributed by atoms with E-state index in [0.717, 1.165) is 19.3 Å². The van der Waals surface area contributed by atoms with Gasteiger partial charge >= 0.3 is 0 Å². The predicted octanol–water partition coefficient (Wildman–Crippen LogP) is -0.788. The molecule has 0 aromatic heterocycles. The highest BCUT2D eigenvalue weighted by Gasteiger charge is 2.85. The van der Waals surface area contributed by atoms with Crippen LogP contribution in [0, 0.1) is 50.7 Å². The van der Waals surface area contributed by atoms with E-state index in [0.29, 0.717) is 38.5 Å². The lowest BCUT2D eigenvalue weighted by molar-refractivity contribution is -0.344. The fraction of sp³-hybridized carbons (Fsp3) is 1.00. The van der Waals surface area contributed by atoms with Gasteiger partial charge in [-0.1, -0.05) is 27.7 Å². The monoisotopic (exact) mass is 945 g/mol. The first kappa shape index (κ1) is 50.2. The third-order valence-electron chi connectivity index (χ3n) is 20.3. The molecular weight excluding hydrogens is 865 g/mol. The second-order valence-electron chi connectivity index (χ2n) is 24.4. The molecule has 9 fully saturated rings. The van der Waals surface area contributed by atoms with E-state index in [1.165, 1.54) is 0 Å². The Bertz CT molecular complexity index is 1760. The molecular formula is C48H80O18. The first-order chi connectivity index (χ1) is 30.7. The molecule has 0 bridgehead atoms. The van der Waals surface area contributed by atoms with E-state index in [1.807, 2.05) is 0 Å². The van der Waals surface area contributed by atoms with E-state index < -0.39 is 139 Å². The Morgan fingerprint density at radius 3 is 1.97 bits per heavy atom. The van der Waals surface area contributed by atoms with Gasteiger partial charge in [0.1, 0.15) is 54.9 Å². The second kappa shape index (κ2) is 16.9. The summed E-state index contributed by atoms with van der Waals surface area (Å²) in [7, 11) is 0. The van der Waals surface area contributed by atoms with E-state index in [9.17, 15) is 61.3 Å². The Kier molecular flexibility index (Phi) is 12.9. The maximum absolute atomic E-state index is 12.3. The second-order valence-corrected chi connectivity index (χ2v) is 24.4. The molecule has 0 aromatic carbocycles. The fourth-order valence-corrected chi connectivity index (χ4v) is 16.8. The smallest absolute Gasteiger partial charge is 0.186 e. The zero-order valence-electron chi connectivity index (χ0n) is 39.6. The zero-order valence-corrected chi connectivity index (χ0v) is 39.6. The SMILES string of the molecule is CC(C)(O)[C@H]1CC[C@](C)([C@H]2[C@@H](O)C[C@@]3(C)[C@@H]4C[C@H](O[C@@H]5O[C@H](CO)[C@@H](O)[C@H](O)[C@H]5O)[C@@H]5C(C)(C)[C@H](O[C@@H]6OC[C@@H](O)[C@H](O)[C@H]6O[C@@H]6C[C@H](CO)[C@@H](O)[C@H](O)[C@H]6O)CC[C@]56C[C@]46CC[C@]23C)O1. The van der Waals surface area contributed by atoms with Gasteiger partial charge in [-0.25, -0.2) is 0 Å². The van der Waals surface area contributed by atoms with Gasteiger partial charge in [0.2, 0.25) is 0 Å². The Balaban J connectivity index is 1.04. The maximum atomic E-state index is 12.3. The molecule has 0 unspecified atom stereocenters. The van der Waals surface area contributed by atoms with Gasteiger partial charge in [-0.15, -0.1) is 0 Å². The summed E-state index contributed by atoms with van der Waals surface area (Å²) in [4.78, 5) is 0. The van der Waals surface area contributed by atoms with Crippen LogP contribution in [-0.4, -0.2) is 196 Å². The lowest BCUT2D eigenvalue weighted by Crippen LogP contribution is -2.65. The van der Waals surface area contributed by atoms with Gasteiger partial charge in [-0.05, 0) is 124 Å². The average Bonchev–Trinajstić information content (AvgIpc) is 3.62. The first-order valence-corrected chi connectivity index (χ1v) is 24.7. The molecule has 3 heterocycles. The Hall–Kier alpha value is -0.720. The van der Waals surface area contributed by atoms with E-state index in [2.05, 4.69) is 34.6 Å². The van der Waals surface area contributed by atoms with Crippen molar-refractivity contribution in [1.29, 1.82) is 0 Å². The number of hydrogen-bond donors (Lipinski definition) is 12. The van der Waals surface area contributed by atoms with Crippen molar-refractivity contribution in [2.45, 2.75) is 228 Å². The summed E-state index contributed by atoms with van der Waals surface area (Å²) in [5.74, 6) is -1.26. The van der Waals surface area contributed by atoms with Gasteiger partial charge in [0.15, 0.2) is 12.6 Å². The van der Waals surface area contributed by atoms with Crippen LogP contribution >= 0.6 is 0 Å². The lowest BCUT2D eigenvalue weighted by atomic mass is 9.41. The highest BCUT2D eigenvalue weighted by atomic mass is 16.7. The van der Waals surface area contributed by atoms with Gasteiger partial charge < -0.3 is 89.7 Å². The van der Waals surface area contributed by atoms with Crippen molar-refractivity contribution in [2.75, 3.05) is 19.8 Å². The van der Waals surface area contributed by atoms with Crippen molar-refractivity contribution in [2.24, 2.45) is 50.7 Å². The molecule has 18 heteroatoms. The number of aliphatic hydroxyl groups is 12. The van der Waals surface area contributed by atoms with Crippen molar-refractivity contribution >= 4 is 0 Å². The fourth-order valence-electron chi connectivity index (χ4n) is 16.8. The Labute approximate surface area is 387 Å². The van der Waals surface area contributed by atoms with Crippen LogP contribution in [0.5, 0.6) is 0 Å². The molecule has 66 heavy (non-hydrogen) atoms. The minimum Gasteiger partial charge on any atom is -0.396 e. The van der Waals surface area contributed by atoms with Gasteiger partial charge in [0.05, 0.1) is 61.0 Å². The van der Waals surface area contributed by atoms with Gasteiger partial charge in [-0.3, -0.25) is 0 Å². The van der Waals surface area contributed by atoms with Crippen LogP contribution in [-0.2, 0) is 28.4 Å². The van der Waals surface area contributed by atoms with Crippen LogP contribution in [0.4, 0.5) is 0 Å². The highest BCUT2D eigenvalue weighted by Crippen LogP contribution is 2.89. The van der Waals surface area contributed by atoms with Gasteiger partial charge in [-0.2, -0.15) is 0 Å². The largest absolute Gasteiger partial charge is 0.396 e. The van der Waals surface area contributed by atoms with Crippen LogP contribution < -0.4 is 0 Å². The summed E-state index contributed by atoms with van der Waals surface area (Å²) in [6.07, 6.45) is -14.7. The van der Waals surface area contributed by atoms with Crippen molar-refractivity contribution in [3.8, 4) is 0 Å². The minimum absolute atomic E-state index is 0.0347. The number of aliphatic hydroxyl groups excluding tert-OH is 11. The van der Waals surface area contributed by atoms with Crippen molar-refractivity contribution < 1.29 is 89.7 Å². The number of hydrogen-bond acceptors (Lipinski definition) is 18. The summed E-state index contributed by atoms with van der Waals surface area (Å²) in [6, 6.07) is 0. The van der Waals surface area contributed by atoms with Crippen LogP contribution in [0.15, 0.2) is 0 Å². The molecule has 18 nitrogen and oxygen atoms in total. The van der Waals surface area contributed by atoms with Crippen molar-refractivity contribution in [3.63, 3.8) is 0 Å². The average molecular weight is 945 g/mol. The molecule has 26 atom stereocenters. The topological polar surface area (TPSA) is 298 Å². The molecule has 3 aliphatic heterocycles. The number of fused-ring (bicyclic) bond motifs is 2. The summed E-state index contributed by atoms with van der Waals surface area (Å²) in [5, 5.41) is 131. The summed E-state index contributed by atoms with van der Waals surface area (Å²) in [5.41, 5.74) is -3.68. The maximum Gasteiger partial charge on any atom is 0.186 e. The molecule has 6 saturated carbocycles. The summed E-state index contributed by atoms with van der Waals surface area (Å²) < 4.78 is 39.0. The van der Waals surface area contributed by atoms with Crippen LogP contribution in [0.2, 0.25) is 0 Å². The van der Waals surface area contributed by atoms with Crippen molar-refractivity contribution in [3.05, 3.63) is 0 Å².